The average Bonchev–Trinajstić information content (AvgIpc) is 2.65. The molecule has 26 heavy (non-hydrogen) atoms. The van der Waals surface area contributed by atoms with Crippen molar-refractivity contribution in [1.82, 2.24) is 0 Å². The molecule has 0 radical (unpaired) electrons. The zero-order chi connectivity index (χ0) is 18.5. The van der Waals surface area contributed by atoms with Crippen molar-refractivity contribution in [2.45, 2.75) is 6.61 Å². The minimum absolute atomic E-state index is 0.401. The van der Waals surface area contributed by atoms with Gasteiger partial charge < -0.3 is 9.47 Å². The van der Waals surface area contributed by atoms with Crippen molar-refractivity contribution in [3.05, 3.63) is 85.6 Å². The molecule has 0 aromatic heterocycles. The molecule has 0 N–H and O–H groups in total. The Morgan fingerprint density at radius 2 is 1.92 bits per heavy atom. The van der Waals surface area contributed by atoms with Crippen molar-refractivity contribution in [1.29, 1.82) is 0 Å². The molecule has 132 valence electrons. The van der Waals surface area contributed by atoms with Crippen LogP contribution in [0.3, 0.4) is 0 Å². The van der Waals surface area contributed by atoms with Gasteiger partial charge in [0.05, 0.1) is 15.6 Å². The highest BCUT2D eigenvalue weighted by atomic mass is 127. The standard InChI is InChI=1S/C20H16INO4/c1-25-19-12-14(9-10-22(23)24)11-18(21)20(19)26-13-16-7-4-6-15-5-2-3-8-17(15)16/h2-12H,13H2,1H3/b10-9+. The lowest BCUT2D eigenvalue weighted by molar-refractivity contribution is -0.400. The Morgan fingerprint density at radius 1 is 1.15 bits per heavy atom. The number of nitrogens with zero attached hydrogens (tertiary/aromatic N) is 1. The Kier molecular flexibility index (Phi) is 5.72. The second-order valence-corrected chi connectivity index (χ2v) is 6.72. The van der Waals surface area contributed by atoms with Crippen LogP contribution in [-0.2, 0) is 6.61 Å². The Bertz CT molecular complexity index is 979. The van der Waals surface area contributed by atoms with E-state index in [0.29, 0.717) is 23.7 Å². The number of methoxy groups -OCH3 is 1. The molecular formula is C20H16INO4. The molecule has 3 aromatic carbocycles. The summed E-state index contributed by atoms with van der Waals surface area (Å²) in [6.07, 6.45) is 2.33. The van der Waals surface area contributed by atoms with Gasteiger partial charge in [0.25, 0.3) is 0 Å². The molecule has 0 amide bonds. The summed E-state index contributed by atoms with van der Waals surface area (Å²) in [5, 5.41) is 12.8. The number of fused-ring (bicyclic) bond motifs is 1. The van der Waals surface area contributed by atoms with Gasteiger partial charge in [0.1, 0.15) is 6.61 Å². The van der Waals surface area contributed by atoms with E-state index in [1.54, 1.807) is 13.2 Å². The summed E-state index contributed by atoms with van der Waals surface area (Å²) in [5.41, 5.74) is 1.76. The van der Waals surface area contributed by atoms with Crippen LogP contribution in [0.5, 0.6) is 11.5 Å². The first kappa shape index (κ1) is 18.2. The molecule has 5 nitrogen and oxygen atoms in total. The molecule has 0 saturated carbocycles. The Balaban J connectivity index is 1.88. The van der Waals surface area contributed by atoms with Crippen LogP contribution in [-0.4, -0.2) is 12.0 Å². The van der Waals surface area contributed by atoms with Gasteiger partial charge in [0, 0.05) is 6.08 Å². The molecule has 0 spiro atoms. The number of ether oxygens (including phenoxy) is 2. The van der Waals surface area contributed by atoms with E-state index < -0.39 is 4.92 Å². The summed E-state index contributed by atoms with van der Waals surface area (Å²) in [6, 6.07) is 17.8. The Morgan fingerprint density at radius 3 is 2.69 bits per heavy atom. The van der Waals surface area contributed by atoms with Gasteiger partial charge in [0.2, 0.25) is 6.20 Å². The van der Waals surface area contributed by atoms with Gasteiger partial charge >= 0.3 is 0 Å². The fraction of sp³-hybridized carbons (Fsp3) is 0.100. The van der Waals surface area contributed by atoms with Crippen LogP contribution < -0.4 is 9.47 Å². The smallest absolute Gasteiger partial charge is 0.235 e. The third kappa shape index (κ3) is 4.13. The minimum Gasteiger partial charge on any atom is -0.493 e. The normalized spacial score (nSPS) is 11.0. The molecule has 0 heterocycles. The number of hydrogen-bond acceptors (Lipinski definition) is 4. The highest BCUT2D eigenvalue weighted by molar-refractivity contribution is 14.1. The van der Waals surface area contributed by atoms with Crippen LogP contribution in [0, 0.1) is 13.7 Å². The summed E-state index contributed by atoms with van der Waals surface area (Å²) in [4.78, 5) is 10.0. The molecule has 0 fully saturated rings. The molecule has 0 saturated heterocycles. The van der Waals surface area contributed by atoms with Gasteiger partial charge in [-0.2, -0.15) is 0 Å². The SMILES string of the molecule is COc1cc(/C=C/[N+](=O)[O-])cc(I)c1OCc1cccc2ccccc12. The lowest BCUT2D eigenvalue weighted by atomic mass is 10.1. The predicted octanol–water partition coefficient (Wildman–Crippen LogP) is 5.28. The van der Waals surface area contributed by atoms with Crippen molar-refractivity contribution < 1.29 is 14.4 Å². The molecule has 0 aliphatic heterocycles. The first-order valence-electron chi connectivity index (χ1n) is 7.87. The van der Waals surface area contributed by atoms with E-state index >= 15 is 0 Å². The molecular weight excluding hydrogens is 445 g/mol. The van der Waals surface area contributed by atoms with E-state index in [9.17, 15) is 10.1 Å². The molecule has 0 unspecified atom stereocenters. The van der Waals surface area contributed by atoms with E-state index in [2.05, 4.69) is 40.8 Å². The van der Waals surface area contributed by atoms with Gasteiger partial charge in [-0.1, -0.05) is 42.5 Å². The van der Waals surface area contributed by atoms with E-state index in [1.165, 1.54) is 6.08 Å². The largest absolute Gasteiger partial charge is 0.493 e. The molecule has 0 aliphatic carbocycles. The lowest BCUT2D eigenvalue weighted by Crippen LogP contribution is -2.01. The van der Waals surface area contributed by atoms with Crippen LogP contribution >= 0.6 is 22.6 Å². The number of halogens is 1. The second kappa shape index (κ2) is 8.18. The number of rotatable bonds is 6. The number of hydrogen-bond donors (Lipinski definition) is 0. The van der Waals surface area contributed by atoms with Gasteiger partial charge in [-0.3, -0.25) is 10.1 Å². The van der Waals surface area contributed by atoms with Crippen molar-refractivity contribution in [3.8, 4) is 11.5 Å². The summed E-state index contributed by atoms with van der Waals surface area (Å²) >= 11 is 2.14. The fourth-order valence-electron chi connectivity index (χ4n) is 2.69. The van der Waals surface area contributed by atoms with Crippen molar-refractivity contribution >= 4 is 39.4 Å². The predicted molar refractivity (Wildman–Crippen MR) is 110 cm³/mol. The maximum Gasteiger partial charge on any atom is 0.235 e. The Labute approximate surface area is 164 Å². The topological polar surface area (TPSA) is 61.6 Å². The summed E-state index contributed by atoms with van der Waals surface area (Å²) in [6.45, 7) is 0.401. The average molecular weight is 461 g/mol. The first-order valence-corrected chi connectivity index (χ1v) is 8.95. The number of benzene rings is 3. The van der Waals surface area contributed by atoms with Crippen molar-refractivity contribution in [3.63, 3.8) is 0 Å². The maximum atomic E-state index is 10.5. The highest BCUT2D eigenvalue weighted by Gasteiger charge is 2.12. The highest BCUT2D eigenvalue weighted by Crippen LogP contribution is 2.35. The van der Waals surface area contributed by atoms with Gasteiger partial charge in [-0.15, -0.1) is 0 Å². The van der Waals surface area contributed by atoms with E-state index in [0.717, 1.165) is 26.1 Å². The Hall–Kier alpha value is -2.61. The minimum atomic E-state index is -0.496. The second-order valence-electron chi connectivity index (χ2n) is 5.56. The van der Waals surface area contributed by atoms with E-state index in [-0.39, 0.29) is 0 Å². The van der Waals surface area contributed by atoms with Gasteiger partial charge in [-0.25, -0.2) is 0 Å². The molecule has 0 bridgehead atoms. The summed E-state index contributed by atoms with van der Waals surface area (Å²) < 4.78 is 12.3. The maximum absolute atomic E-state index is 10.5. The van der Waals surface area contributed by atoms with E-state index in [1.807, 2.05) is 30.3 Å². The molecule has 0 aliphatic rings. The zero-order valence-electron chi connectivity index (χ0n) is 14.0. The van der Waals surface area contributed by atoms with Crippen molar-refractivity contribution in [2.24, 2.45) is 0 Å². The van der Waals surface area contributed by atoms with Gasteiger partial charge in [0.15, 0.2) is 11.5 Å². The quantitative estimate of drug-likeness (QED) is 0.285. The van der Waals surface area contributed by atoms with Crippen molar-refractivity contribution in [2.75, 3.05) is 7.11 Å². The van der Waals surface area contributed by atoms with Crippen LogP contribution in [0.1, 0.15) is 11.1 Å². The van der Waals surface area contributed by atoms with Gasteiger partial charge in [-0.05, 0) is 56.6 Å². The lowest BCUT2D eigenvalue weighted by Gasteiger charge is -2.14. The monoisotopic (exact) mass is 461 g/mol. The third-order valence-corrected chi connectivity index (χ3v) is 4.69. The van der Waals surface area contributed by atoms with E-state index in [4.69, 9.17) is 9.47 Å². The fourth-order valence-corrected chi connectivity index (χ4v) is 3.47. The zero-order valence-corrected chi connectivity index (χ0v) is 16.2. The first-order chi connectivity index (χ1) is 12.6. The van der Waals surface area contributed by atoms with Crippen LogP contribution in [0.15, 0.2) is 60.8 Å². The number of nitro groups is 1. The molecule has 3 aromatic rings. The summed E-state index contributed by atoms with van der Waals surface area (Å²) in [5.74, 6) is 1.17. The van der Waals surface area contributed by atoms with Crippen LogP contribution in [0.2, 0.25) is 0 Å². The summed E-state index contributed by atoms with van der Waals surface area (Å²) in [7, 11) is 1.55. The molecule has 0 atom stereocenters. The third-order valence-electron chi connectivity index (χ3n) is 3.89. The van der Waals surface area contributed by atoms with Crippen LogP contribution in [0.4, 0.5) is 0 Å². The molecule has 3 rings (SSSR count). The molecule has 6 heteroatoms. The van der Waals surface area contributed by atoms with Crippen LogP contribution in [0.25, 0.3) is 16.8 Å².